The van der Waals surface area contributed by atoms with Crippen LogP contribution >= 0.6 is 15.9 Å². The Bertz CT molecular complexity index is 979. The van der Waals surface area contributed by atoms with Crippen LogP contribution in [-0.2, 0) is 9.53 Å². The Balaban J connectivity index is 1.75. The summed E-state index contributed by atoms with van der Waals surface area (Å²) in [4.78, 5) is 12.4. The SMILES string of the molecule is CO[C@@H](C(=O)N/N=C\c1cc(C)n(-c2ccc(Br)cc2)c1C)c1ccccc1. The second-order valence-electron chi connectivity index (χ2n) is 6.40. The highest BCUT2D eigenvalue weighted by atomic mass is 79.9. The summed E-state index contributed by atoms with van der Waals surface area (Å²) >= 11 is 3.46. The van der Waals surface area contributed by atoms with Gasteiger partial charge in [-0.05, 0) is 49.7 Å². The smallest absolute Gasteiger partial charge is 0.273 e. The molecule has 0 aliphatic carbocycles. The first-order valence-electron chi connectivity index (χ1n) is 8.87. The number of methoxy groups -OCH3 is 1. The van der Waals surface area contributed by atoms with Gasteiger partial charge in [0.25, 0.3) is 5.91 Å². The Kier molecular flexibility index (Phi) is 6.44. The zero-order valence-corrected chi connectivity index (χ0v) is 17.6. The van der Waals surface area contributed by atoms with Crippen LogP contribution in [-0.4, -0.2) is 23.8 Å². The van der Waals surface area contributed by atoms with Gasteiger partial charge in [0.05, 0.1) is 6.21 Å². The molecule has 1 amide bonds. The summed E-state index contributed by atoms with van der Waals surface area (Å²) in [7, 11) is 1.51. The van der Waals surface area contributed by atoms with E-state index in [9.17, 15) is 4.79 Å². The van der Waals surface area contributed by atoms with Crippen molar-refractivity contribution in [2.75, 3.05) is 7.11 Å². The minimum Gasteiger partial charge on any atom is -0.367 e. The van der Waals surface area contributed by atoms with E-state index in [1.165, 1.54) is 7.11 Å². The fourth-order valence-corrected chi connectivity index (χ4v) is 3.42. The van der Waals surface area contributed by atoms with Crippen LogP contribution in [0.2, 0.25) is 0 Å². The third-order valence-electron chi connectivity index (χ3n) is 4.51. The summed E-state index contributed by atoms with van der Waals surface area (Å²) in [5.41, 5.74) is 7.51. The predicted molar refractivity (Wildman–Crippen MR) is 115 cm³/mol. The van der Waals surface area contributed by atoms with E-state index in [2.05, 4.69) is 43.2 Å². The van der Waals surface area contributed by atoms with E-state index >= 15 is 0 Å². The van der Waals surface area contributed by atoms with E-state index in [4.69, 9.17) is 4.74 Å². The number of nitrogens with zero attached hydrogens (tertiary/aromatic N) is 2. The molecule has 28 heavy (non-hydrogen) atoms. The van der Waals surface area contributed by atoms with Gasteiger partial charge in [0, 0.05) is 34.2 Å². The van der Waals surface area contributed by atoms with Gasteiger partial charge in [-0.1, -0.05) is 46.3 Å². The molecule has 1 aromatic heterocycles. The Morgan fingerprint density at radius 3 is 2.46 bits per heavy atom. The summed E-state index contributed by atoms with van der Waals surface area (Å²) in [6.45, 7) is 4.07. The van der Waals surface area contributed by atoms with Gasteiger partial charge in [0.15, 0.2) is 6.10 Å². The molecule has 3 aromatic rings. The standard InChI is InChI=1S/C22H22BrN3O2/c1-15-13-18(16(2)26(15)20-11-9-19(23)10-12-20)14-24-25-22(27)21(28-3)17-7-5-4-6-8-17/h4-14,21H,1-3H3,(H,25,27)/b24-14-/t21-/m1/s1. The lowest BCUT2D eigenvalue weighted by Crippen LogP contribution is -2.26. The second kappa shape index (κ2) is 8.99. The molecule has 1 N–H and O–H groups in total. The predicted octanol–water partition coefficient (Wildman–Crippen LogP) is 4.69. The summed E-state index contributed by atoms with van der Waals surface area (Å²) < 4.78 is 8.51. The zero-order chi connectivity index (χ0) is 20.1. The zero-order valence-electron chi connectivity index (χ0n) is 16.0. The first-order valence-corrected chi connectivity index (χ1v) is 9.66. The average molecular weight is 440 g/mol. The maximum Gasteiger partial charge on any atom is 0.273 e. The van der Waals surface area contributed by atoms with Crippen molar-refractivity contribution in [2.45, 2.75) is 20.0 Å². The van der Waals surface area contributed by atoms with Gasteiger partial charge in [-0.25, -0.2) is 5.43 Å². The molecule has 1 atom stereocenters. The number of benzene rings is 2. The van der Waals surface area contributed by atoms with Gasteiger partial charge < -0.3 is 9.30 Å². The number of carbonyl (C=O) groups excluding carboxylic acids is 1. The third-order valence-corrected chi connectivity index (χ3v) is 5.04. The maximum absolute atomic E-state index is 12.4. The van der Waals surface area contributed by atoms with Crippen molar-refractivity contribution in [1.29, 1.82) is 0 Å². The first kappa shape index (κ1) is 20.0. The Hall–Kier alpha value is -2.70. The molecule has 0 radical (unpaired) electrons. The van der Waals surface area contributed by atoms with E-state index in [1.54, 1.807) is 6.21 Å². The largest absolute Gasteiger partial charge is 0.367 e. The molecule has 6 heteroatoms. The topological polar surface area (TPSA) is 55.6 Å². The summed E-state index contributed by atoms with van der Waals surface area (Å²) in [6, 6.07) is 19.5. The van der Waals surface area contributed by atoms with Crippen molar-refractivity contribution in [3.05, 3.63) is 87.7 Å². The highest BCUT2D eigenvalue weighted by Gasteiger charge is 2.19. The third kappa shape index (κ3) is 4.40. The molecule has 0 saturated heterocycles. The van der Waals surface area contributed by atoms with Crippen LogP contribution in [0, 0.1) is 13.8 Å². The number of rotatable bonds is 6. The lowest BCUT2D eigenvalue weighted by Gasteiger charge is -2.13. The number of nitrogens with one attached hydrogen (secondary N) is 1. The maximum atomic E-state index is 12.4. The molecule has 144 valence electrons. The number of hydrogen-bond donors (Lipinski definition) is 1. The highest BCUT2D eigenvalue weighted by Crippen LogP contribution is 2.21. The van der Waals surface area contributed by atoms with Gasteiger partial charge in [-0.2, -0.15) is 5.10 Å². The van der Waals surface area contributed by atoms with E-state index in [1.807, 2.05) is 62.4 Å². The van der Waals surface area contributed by atoms with Crippen molar-refractivity contribution in [2.24, 2.45) is 5.10 Å². The Morgan fingerprint density at radius 1 is 1.14 bits per heavy atom. The number of amides is 1. The lowest BCUT2D eigenvalue weighted by atomic mass is 10.1. The Labute approximate surface area is 173 Å². The highest BCUT2D eigenvalue weighted by molar-refractivity contribution is 9.10. The van der Waals surface area contributed by atoms with Crippen LogP contribution in [0.3, 0.4) is 0 Å². The van der Waals surface area contributed by atoms with Crippen molar-refractivity contribution >= 4 is 28.1 Å². The molecule has 0 saturated carbocycles. The van der Waals surface area contributed by atoms with Crippen LogP contribution in [0.5, 0.6) is 0 Å². The number of carbonyl (C=O) groups is 1. The van der Waals surface area contributed by atoms with Gasteiger partial charge in [0.1, 0.15) is 0 Å². The fourth-order valence-electron chi connectivity index (χ4n) is 3.15. The van der Waals surface area contributed by atoms with E-state index in [0.717, 1.165) is 32.7 Å². The van der Waals surface area contributed by atoms with Crippen LogP contribution in [0.4, 0.5) is 0 Å². The summed E-state index contributed by atoms with van der Waals surface area (Å²) in [5.74, 6) is -0.313. The molecule has 5 nitrogen and oxygen atoms in total. The van der Waals surface area contributed by atoms with Crippen molar-refractivity contribution in [1.82, 2.24) is 9.99 Å². The molecule has 2 aromatic carbocycles. The number of halogens is 1. The second-order valence-corrected chi connectivity index (χ2v) is 7.31. The van der Waals surface area contributed by atoms with Crippen molar-refractivity contribution < 1.29 is 9.53 Å². The van der Waals surface area contributed by atoms with E-state index in [-0.39, 0.29) is 5.91 Å². The van der Waals surface area contributed by atoms with Crippen LogP contribution in [0.15, 0.2) is 70.2 Å². The molecular weight excluding hydrogens is 418 g/mol. The molecule has 0 aliphatic heterocycles. The average Bonchev–Trinajstić information content (AvgIpc) is 2.97. The minimum absolute atomic E-state index is 0.313. The fraction of sp³-hybridized carbons (Fsp3) is 0.182. The van der Waals surface area contributed by atoms with Gasteiger partial charge >= 0.3 is 0 Å². The normalized spacial score (nSPS) is 12.3. The van der Waals surface area contributed by atoms with Crippen molar-refractivity contribution in [3.8, 4) is 5.69 Å². The molecule has 3 rings (SSSR count). The molecule has 0 fully saturated rings. The first-order chi connectivity index (χ1) is 13.5. The number of ether oxygens (including phenoxy) is 1. The van der Waals surface area contributed by atoms with E-state index in [0.29, 0.717) is 0 Å². The molecule has 0 unspecified atom stereocenters. The number of aryl methyl sites for hydroxylation is 1. The monoisotopic (exact) mass is 439 g/mol. The summed E-state index contributed by atoms with van der Waals surface area (Å²) in [5, 5.41) is 4.13. The minimum atomic E-state index is -0.700. The molecule has 0 aliphatic rings. The van der Waals surface area contributed by atoms with Crippen LogP contribution < -0.4 is 5.43 Å². The van der Waals surface area contributed by atoms with Crippen molar-refractivity contribution in [3.63, 3.8) is 0 Å². The van der Waals surface area contributed by atoms with Gasteiger partial charge in [-0.15, -0.1) is 0 Å². The summed E-state index contributed by atoms with van der Waals surface area (Å²) in [6.07, 6.45) is 0.960. The lowest BCUT2D eigenvalue weighted by molar-refractivity contribution is -0.131. The van der Waals surface area contributed by atoms with Gasteiger partial charge in [-0.3, -0.25) is 4.79 Å². The number of aromatic nitrogens is 1. The quantitative estimate of drug-likeness (QED) is 0.447. The Morgan fingerprint density at radius 2 is 1.82 bits per heavy atom. The van der Waals surface area contributed by atoms with Gasteiger partial charge in [0.2, 0.25) is 0 Å². The molecule has 1 heterocycles. The molecular formula is C22H22BrN3O2. The van der Waals surface area contributed by atoms with Crippen LogP contribution in [0.25, 0.3) is 5.69 Å². The number of hydrazone groups is 1. The molecule has 0 spiro atoms. The van der Waals surface area contributed by atoms with E-state index < -0.39 is 6.10 Å². The molecule has 0 bridgehead atoms. The number of hydrogen-bond acceptors (Lipinski definition) is 3. The van der Waals surface area contributed by atoms with Crippen LogP contribution in [0.1, 0.15) is 28.6 Å².